The van der Waals surface area contributed by atoms with Gasteiger partial charge in [-0.25, -0.2) is 4.98 Å². The lowest BCUT2D eigenvalue weighted by Crippen LogP contribution is -2.13. The fourth-order valence-corrected chi connectivity index (χ4v) is 3.37. The van der Waals surface area contributed by atoms with Crippen LogP contribution in [0, 0.1) is 13.8 Å². The Kier molecular flexibility index (Phi) is 4.69. The van der Waals surface area contributed by atoms with Crippen LogP contribution in [-0.2, 0) is 6.54 Å². The predicted octanol–water partition coefficient (Wildman–Crippen LogP) is 4.55. The van der Waals surface area contributed by atoms with Crippen LogP contribution in [0.3, 0.4) is 0 Å². The van der Waals surface area contributed by atoms with Crippen molar-refractivity contribution in [1.82, 2.24) is 14.8 Å². The molecule has 0 atom stereocenters. The van der Waals surface area contributed by atoms with E-state index in [0.717, 1.165) is 16.1 Å². The maximum absolute atomic E-state index is 12.4. The smallest absolute Gasteiger partial charge is 0.279 e. The number of carbonyl (C=O) groups is 1. The Hall–Kier alpha value is -2.18. The van der Waals surface area contributed by atoms with Crippen molar-refractivity contribution in [2.45, 2.75) is 27.3 Å². The molecule has 1 N–H and O–H groups in total. The molecule has 1 amide bonds. The highest BCUT2D eigenvalue weighted by Crippen LogP contribution is 2.31. The minimum atomic E-state index is -0.351. The van der Waals surface area contributed by atoms with Crippen LogP contribution in [0.1, 0.15) is 27.9 Å². The second-order valence-electron chi connectivity index (χ2n) is 5.43. The van der Waals surface area contributed by atoms with E-state index in [-0.39, 0.29) is 11.6 Å². The summed E-state index contributed by atoms with van der Waals surface area (Å²) in [6.45, 7) is 6.62. The van der Waals surface area contributed by atoms with Crippen molar-refractivity contribution in [2.75, 3.05) is 5.32 Å². The summed E-state index contributed by atoms with van der Waals surface area (Å²) in [5.74, 6) is -0.351. The molecule has 0 bridgehead atoms. The quantitative estimate of drug-likeness (QED) is 0.742. The highest BCUT2D eigenvalue weighted by molar-refractivity contribution is 7.16. The third kappa shape index (κ3) is 3.34. The molecule has 24 heavy (non-hydrogen) atoms. The number of anilines is 1. The minimum absolute atomic E-state index is 0.211. The molecule has 0 spiro atoms. The maximum atomic E-state index is 12.4. The third-order valence-corrected chi connectivity index (χ3v) is 4.76. The molecule has 5 nitrogen and oxygen atoms in total. The number of nitrogens with one attached hydrogen (secondary N) is 1. The first kappa shape index (κ1) is 16.7. The van der Waals surface area contributed by atoms with E-state index in [1.54, 1.807) is 10.9 Å². The van der Waals surface area contributed by atoms with Gasteiger partial charge in [0, 0.05) is 23.2 Å². The summed E-state index contributed by atoms with van der Waals surface area (Å²) >= 11 is 7.50. The SMILES string of the molecule is CCn1cc(Cl)c(C(=O)Nc2nc(-c3ccc(C)cc3)c(C)s2)n1. The highest BCUT2D eigenvalue weighted by atomic mass is 35.5. The van der Waals surface area contributed by atoms with Crippen LogP contribution < -0.4 is 5.32 Å². The van der Waals surface area contributed by atoms with Crippen LogP contribution in [0.4, 0.5) is 5.13 Å². The molecule has 124 valence electrons. The molecular formula is C17H17ClN4OS. The van der Waals surface area contributed by atoms with E-state index in [2.05, 4.69) is 15.4 Å². The lowest BCUT2D eigenvalue weighted by molar-refractivity contribution is 0.102. The van der Waals surface area contributed by atoms with Gasteiger partial charge in [-0.05, 0) is 20.8 Å². The Morgan fingerprint density at radius 3 is 2.62 bits per heavy atom. The monoisotopic (exact) mass is 360 g/mol. The Balaban J connectivity index is 1.83. The van der Waals surface area contributed by atoms with Crippen LogP contribution in [-0.4, -0.2) is 20.7 Å². The molecule has 1 aromatic carbocycles. The van der Waals surface area contributed by atoms with Crippen molar-refractivity contribution in [3.63, 3.8) is 0 Å². The Bertz CT molecular complexity index is 883. The van der Waals surface area contributed by atoms with Gasteiger partial charge in [0.25, 0.3) is 5.91 Å². The zero-order valence-electron chi connectivity index (χ0n) is 13.6. The van der Waals surface area contributed by atoms with Gasteiger partial charge in [-0.1, -0.05) is 41.4 Å². The van der Waals surface area contributed by atoms with Crippen LogP contribution in [0.15, 0.2) is 30.5 Å². The molecule has 2 heterocycles. The summed E-state index contributed by atoms with van der Waals surface area (Å²) in [6, 6.07) is 8.15. The number of rotatable bonds is 4. The first-order chi connectivity index (χ1) is 11.5. The minimum Gasteiger partial charge on any atom is -0.296 e. The number of aromatic nitrogens is 3. The average Bonchev–Trinajstić information content (AvgIpc) is 3.11. The Morgan fingerprint density at radius 1 is 1.29 bits per heavy atom. The molecule has 0 radical (unpaired) electrons. The van der Waals surface area contributed by atoms with Crippen molar-refractivity contribution >= 4 is 34.0 Å². The first-order valence-electron chi connectivity index (χ1n) is 7.56. The zero-order chi connectivity index (χ0) is 17.3. The molecule has 3 aromatic rings. The fourth-order valence-electron chi connectivity index (χ4n) is 2.30. The van der Waals surface area contributed by atoms with E-state index in [9.17, 15) is 4.79 Å². The van der Waals surface area contributed by atoms with Crippen LogP contribution in [0.25, 0.3) is 11.3 Å². The number of benzene rings is 1. The van der Waals surface area contributed by atoms with Crippen LogP contribution >= 0.6 is 22.9 Å². The summed E-state index contributed by atoms with van der Waals surface area (Å²) in [4.78, 5) is 17.9. The van der Waals surface area contributed by atoms with Gasteiger partial charge in [-0.2, -0.15) is 5.10 Å². The second kappa shape index (κ2) is 6.75. The van der Waals surface area contributed by atoms with E-state index in [1.807, 2.05) is 45.0 Å². The molecule has 0 saturated heterocycles. The highest BCUT2D eigenvalue weighted by Gasteiger charge is 2.18. The average molecular weight is 361 g/mol. The van der Waals surface area contributed by atoms with Crippen LogP contribution in [0.5, 0.6) is 0 Å². The summed E-state index contributed by atoms with van der Waals surface area (Å²) in [5.41, 5.74) is 3.31. The number of hydrogen-bond donors (Lipinski definition) is 1. The molecule has 0 saturated carbocycles. The molecule has 0 aliphatic rings. The van der Waals surface area contributed by atoms with E-state index >= 15 is 0 Å². The summed E-state index contributed by atoms with van der Waals surface area (Å²) < 4.78 is 1.63. The Morgan fingerprint density at radius 2 is 2.00 bits per heavy atom. The van der Waals surface area contributed by atoms with Gasteiger partial charge in [0.05, 0.1) is 10.7 Å². The van der Waals surface area contributed by atoms with E-state index in [1.165, 1.54) is 16.9 Å². The van der Waals surface area contributed by atoms with Crippen molar-refractivity contribution in [1.29, 1.82) is 0 Å². The van der Waals surface area contributed by atoms with Gasteiger partial charge < -0.3 is 0 Å². The zero-order valence-corrected chi connectivity index (χ0v) is 15.2. The molecule has 2 aromatic heterocycles. The topological polar surface area (TPSA) is 59.8 Å². The maximum Gasteiger partial charge on any atom is 0.279 e. The van der Waals surface area contributed by atoms with Crippen molar-refractivity contribution in [3.8, 4) is 11.3 Å². The number of amides is 1. The third-order valence-electron chi connectivity index (χ3n) is 3.60. The Labute approximate surface area is 149 Å². The largest absolute Gasteiger partial charge is 0.296 e. The normalized spacial score (nSPS) is 10.8. The number of halogens is 1. The van der Waals surface area contributed by atoms with E-state index < -0.39 is 0 Å². The first-order valence-corrected chi connectivity index (χ1v) is 8.76. The molecule has 3 rings (SSSR count). The molecule has 0 aliphatic heterocycles. The number of hydrogen-bond acceptors (Lipinski definition) is 4. The van der Waals surface area contributed by atoms with Gasteiger partial charge in [0.2, 0.25) is 0 Å². The van der Waals surface area contributed by atoms with Gasteiger partial charge in [-0.3, -0.25) is 14.8 Å². The van der Waals surface area contributed by atoms with E-state index in [4.69, 9.17) is 11.6 Å². The summed E-state index contributed by atoms with van der Waals surface area (Å²) in [7, 11) is 0. The number of aryl methyl sites for hydroxylation is 3. The fraction of sp³-hybridized carbons (Fsp3) is 0.235. The van der Waals surface area contributed by atoms with Crippen LogP contribution in [0.2, 0.25) is 5.02 Å². The van der Waals surface area contributed by atoms with Gasteiger partial charge >= 0.3 is 0 Å². The van der Waals surface area contributed by atoms with Crippen molar-refractivity contribution in [3.05, 3.63) is 51.6 Å². The molecule has 0 unspecified atom stereocenters. The molecule has 0 fully saturated rings. The van der Waals surface area contributed by atoms with Gasteiger partial charge in [0.1, 0.15) is 0 Å². The number of thiazole rings is 1. The van der Waals surface area contributed by atoms with Gasteiger partial charge in [-0.15, -0.1) is 11.3 Å². The van der Waals surface area contributed by atoms with Gasteiger partial charge in [0.15, 0.2) is 10.8 Å². The molecular weight excluding hydrogens is 344 g/mol. The predicted molar refractivity (Wildman–Crippen MR) is 97.9 cm³/mol. The summed E-state index contributed by atoms with van der Waals surface area (Å²) in [5, 5.41) is 7.83. The number of carbonyl (C=O) groups excluding carboxylic acids is 1. The van der Waals surface area contributed by atoms with Crippen molar-refractivity contribution in [2.24, 2.45) is 0 Å². The summed E-state index contributed by atoms with van der Waals surface area (Å²) in [6.07, 6.45) is 1.64. The number of nitrogens with zero attached hydrogens (tertiary/aromatic N) is 3. The lowest BCUT2D eigenvalue weighted by Gasteiger charge is -2.00. The second-order valence-corrected chi connectivity index (χ2v) is 7.04. The molecule has 7 heteroatoms. The van der Waals surface area contributed by atoms with Crippen molar-refractivity contribution < 1.29 is 4.79 Å². The molecule has 0 aliphatic carbocycles. The standard InChI is InChI=1S/C17H17ClN4OS/c1-4-22-9-13(18)15(21-22)16(23)20-17-19-14(11(3)24-17)12-7-5-10(2)6-8-12/h5-9H,4H2,1-3H3,(H,19,20,23). The lowest BCUT2D eigenvalue weighted by atomic mass is 10.1. The van der Waals surface area contributed by atoms with E-state index in [0.29, 0.717) is 16.7 Å².